The van der Waals surface area contributed by atoms with Crippen molar-refractivity contribution in [3.05, 3.63) is 59.3 Å². The van der Waals surface area contributed by atoms with Crippen molar-refractivity contribution in [3.63, 3.8) is 0 Å². The highest BCUT2D eigenvalue weighted by molar-refractivity contribution is 5.91. The summed E-state index contributed by atoms with van der Waals surface area (Å²) in [5.74, 6) is 0.392. The van der Waals surface area contributed by atoms with Gasteiger partial charge in [-0.05, 0) is 62.2 Å². The summed E-state index contributed by atoms with van der Waals surface area (Å²) in [4.78, 5) is 18.6. The van der Waals surface area contributed by atoms with Gasteiger partial charge in [-0.2, -0.15) is 13.2 Å². The van der Waals surface area contributed by atoms with E-state index < -0.39 is 11.7 Å². The Balaban J connectivity index is 1.52. The second kappa shape index (κ2) is 8.08. The minimum atomic E-state index is -4.33. The monoisotopic (exact) mass is 377 g/mol. The summed E-state index contributed by atoms with van der Waals surface area (Å²) in [5.41, 5.74) is 1.04. The van der Waals surface area contributed by atoms with Crippen molar-refractivity contribution >= 4 is 11.7 Å². The highest BCUT2D eigenvalue weighted by atomic mass is 19.4. The number of nitrogens with zero attached hydrogens (tertiary/aromatic N) is 2. The molecule has 1 aliphatic rings. The Bertz CT molecular complexity index is 799. The molecule has 1 aliphatic heterocycles. The number of nitrogens with one attached hydrogen (secondary N) is 1. The fourth-order valence-corrected chi connectivity index (χ4v) is 3.29. The minimum Gasteiger partial charge on any atom is -0.310 e. The maximum absolute atomic E-state index is 12.8. The molecule has 0 saturated carbocycles. The first kappa shape index (κ1) is 19.4. The number of halogens is 3. The van der Waals surface area contributed by atoms with E-state index in [1.165, 1.54) is 12.1 Å². The summed E-state index contributed by atoms with van der Waals surface area (Å²) in [6.45, 7) is 3.74. The van der Waals surface area contributed by atoms with Gasteiger partial charge in [0.1, 0.15) is 5.82 Å². The predicted octanol–water partition coefficient (Wildman–Crippen LogP) is 4.26. The number of carbonyl (C=O) groups excluding carboxylic acids is 1. The lowest BCUT2D eigenvalue weighted by Crippen LogP contribution is -2.37. The van der Waals surface area contributed by atoms with E-state index in [4.69, 9.17) is 0 Å². The molecule has 1 saturated heterocycles. The highest BCUT2D eigenvalue weighted by Gasteiger charge is 2.31. The molecule has 1 N–H and O–H groups in total. The van der Waals surface area contributed by atoms with Crippen LogP contribution in [-0.4, -0.2) is 28.9 Å². The second-order valence-electron chi connectivity index (χ2n) is 6.96. The fourth-order valence-electron chi connectivity index (χ4n) is 3.29. The first-order valence-corrected chi connectivity index (χ1v) is 8.93. The van der Waals surface area contributed by atoms with Crippen LogP contribution >= 0.6 is 0 Å². The first-order valence-electron chi connectivity index (χ1n) is 8.93. The summed E-state index contributed by atoms with van der Waals surface area (Å²) in [6, 6.07) is 9.11. The molecule has 2 heterocycles. The van der Waals surface area contributed by atoms with E-state index in [1.54, 1.807) is 12.3 Å². The molecule has 0 unspecified atom stereocenters. The van der Waals surface area contributed by atoms with Crippen LogP contribution in [0.15, 0.2) is 42.6 Å². The topological polar surface area (TPSA) is 45.2 Å². The third-order valence-electron chi connectivity index (χ3n) is 4.79. The average Bonchev–Trinajstić information content (AvgIpc) is 2.62. The molecule has 0 aliphatic carbocycles. The molecule has 4 nitrogen and oxygen atoms in total. The SMILES string of the molecule is Cc1ccnc(NC(=O)C2CCN(Cc3cccc(C(F)(F)F)c3)CC2)c1. The molecule has 3 rings (SSSR count). The van der Waals surface area contributed by atoms with Gasteiger partial charge in [-0.15, -0.1) is 0 Å². The standard InChI is InChI=1S/C20H22F3N3O/c1-14-5-8-24-18(11-14)25-19(27)16-6-9-26(10-7-16)13-15-3-2-4-17(12-15)20(21,22)23/h2-5,8,11-12,16H,6-7,9-10,13H2,1H3,(H,24,25,27). The lowest BCUT2D eigenvalue weighted by atomic mass is 9.95. The number of hydrogen-bond donors (Lipinski definition) is 1. The van der Waals surface area contributed by atoms with E-state index in [9.17, 15) is 18.0 Å². The van der Waals surface area contributed by atoms with E-state index in [0.29, 0.717) is 43.9 Å². The third kappa shape index (κ3) is 5.29. The van der Waals surface area contributed by atoms with Crippen molar-refractivity contribution in [2.45, 2.75) is 32.5 Å². The average molecular weight is 377 g/mol. The number of aromatic nitrogens is 1. The van der Waals surface area contributed by atoms with Crippen LogP contribution in [-0.2, 0) is 17.5 Å². The van der Waals surface area contributed by atoms with Gasteiger partial charge in [-0.25, -0.2) is 4.98 Å². The minimum absolute atomic E-state index is 0.0492. The molecule has 2 aromatic rings. The molecule has 0 atom stereocenters. The van der Waals surface area contributed by atoms with Crippen molar-refractivity contribution in [3.8, 4) is 0 Å². The molecular weight excluding hydrogens is 355 g/mol. The number of amides is 1. The number of aryl methyl sites for hydroxylation is 1. The fraction of sp³-hybridized carbons (Fsp3) is 0.400. The molecule has 1 amide bonds. The number of piperidine rings is 1. The van der Waals surface area contributed by atoms with E-state index in [0.717, 1.165) is 11.6 Å². The molecule has 144 valence electrons. The molecule has 1 fully saturated rings. The highest BCUT2D eigenvalue weighted by Crippen LogP contribution is 2.30. The number of anilines is 1. The van der Waals surface area contributed by atoms with Crippen LogP contribution in [0.25, 0.3) is 0 Å². The van der Waals surface area contributed by atoms with Crippen LogP contribution in [0.5, 0.6) is 0 Å². The number of rotatable bonds is 4. The quantitative estimate of drug-likeness (QED) is 0.866. The Labute approximate surface area is 156 Å². The van der Waals surface area contributed by atoms with Gasteiger partial charge in [0.2, 0.25) is 5.91 Å². The molecule has 1 aromatic heterocycles. The van der Waals surface area contributed by atoms with Crippen LogP contribution in [0.4, 0.5) is 19.0 Å². The summed E-state index contributed by atoms with van der Waals surface area (Å²) in [7, 11) is 0. The molecule has 1 aromatic carbocycles. The Hall–Kier alpha value is -2.41. The molecule has 7 heteroatoms. The molecule has 0 bridgehead atoms. The number of hydrogen-bond acceptors (Lipinski definition) is 3. The number of likely N-dealkylation sites (tertiary alicyclic amines) is 1. The lowest BCUT2D eigenvalue weighted by molar-refractivity contribution is -0.137. The Morgan fingerprint density at radius 1 is 1.22 bits per heavy atom. The first-order chi connectivity index (χ1) is 12.8. The normalized spacial score (nSPS) is 16.3. The second-order valence-corrected chi connectivity index (χ2v) is 6.96. The van der Waals surface area contributed by atoms with Gasteiger partial charge in [0.05, 0.1) is 5.56 Å². The number of alkyl halides is 3. The van der Waals surface area contributed by atoms with E-state index in [1.807, 2.05) is 19.1 Å². The Kier molecular flexibility index (Phi) is 5.79. The summed E-state index contributed by atoms with van der Waals surface area (Å²) < 4.78 is 38.5. The Morgan fingerprint density at radius 2 is 1.96 bits per heavy atom. The van der Waals surface area contributed by atoms with Crippen molar-refractivity contribution in [1.82, 2.24) is 9.88 Å². The van der Waals surface area contributed by atoms with Crippen LogP contribution < -0.4 is 5.32 Å². The Morgan fingerprint density at radius 3 is 2.63 bits per heavy atom. The smallest absolute Gasteiger partial charge is 0.310 e. The largest absolute Gasteiger partial charge is 0.416 e. The van der Waals surface area contributed by atoms with Crippen molar-refractivity contribution in [1.29, 1.82) is 0 Å². The maximum atomic E-state index is 12.8. The molecular formula is C20H22F3N3O. The van der Waals surface area contributed by atoms with Crippen molar-refractivity contribution in [2.24, 2.45) is 5.92 Å². The van der Waals surface area contributed by atoms with Gasteiger partial charge >= 0.3 is 6.18 Å². The molecule has 0 radical (unpaired) electrons. The van der Waals surface area contributed by atoms with Gasteiger partial charge in [-0.1, -0.05) is 18.2 Å². The van der Waals surface area contributed by atoms with Crippen LogP contribution in [0.2, 0.25) is 0 Å². The zero-order valence-corrected chi connectivity index (χ0v) is 15.1. The number of pyridine rings is 1. The third-order valence-corrected chi connectivity index (χ3v) is 4.79. The number of benzene rings is 1. The number of carbonyl (C=O) groups is 1. The predicted molar refractivity (Wildman–Crippen MR) is 97.0 cm³/mol. The summed E-state index contributed by atoms with van der Waals surface area (Å²) in [6.07, 6.45) is -1.32. The lowest BCUT2D eigenvalue weighted by Gasteiger charge is -2.31. The van der Waals surface area contributed by atoms with Gasteiger partial charge in [0, 0.05) is 18.7 Å². The van der Waals surface area contributed by atoms with Gasteiger partial charge in [0.15, 0.2) is 0 Å². The van der Waals surface area contributed by atoms with Crippen molar-refractivity contribution < 1.29 is 18.0 Å². The zero-order chi connectivity index (χ0) is 19.4. The summed E-state index contributed by atoms with van der Waals surface area (Å²) >= 11 is 0. The molecule has 0 spiro atoms. The van der Waals surface area contributed by atoms with Crippen molar-refractivity contribution in [2.75, 3.05) is 18.4 Å². The zero-order valence-electron chi connectivity index (χ0n) is 15.1. The van der Waals surface area contributed by atoms with E-state index >= 15 is 0 Å². The van der Waals surface area contributed by atoms with Gasteiger partial charge < -0.3 is 5.32 Å². The van der Waals surface area contributed by atoms with Gasteiger partial charge in [-0.3, -0.25) is 9.69 Å². The van der Waals surface area contributed by atoms with Crippen LogP contribution in [0.1, 0.15) is 29.5 Å². The van der Waals surface area contributed by atoms with Crippen LogP contribution in [0, 0.1) is 12.8 Å². The van der Waals surface area contributed by atoms with E-state index in [-0.39, 0.29) is 11.8 Å². The maximum Gasteiger partial charge on any atom is 0.416 e. The van der Waals surface area contributed by atoms with Crippen LogP contribution in [0.3, 0.4) is 0 Å². The summed E-state index contributed by atoms with van der Waals surface area (Å²) in [5, 5.41) is 2.85. The van der Waals surface area contributed by atoms with E-state index in [2.05, 4.69) is 15.2 Å². The molecule has 27 heavy (non-hydrogen) atoms. The van der Waals surface area contributed by atoms with Gasteiger partial charge in [0.25, 0.3) is 0 Å².